The van der Waals surface area contributed by atoms with Crippen molar-refractivity contribution in [1.82, 2.24) is 4.90 Å². The van der Waals surface area contributed by atoms with E-state index in [2.05, 4.69) is 41.0 Å². The highest BCUT2D eigenvalue weighted by molar-refractivity contribution is 9.10. The molecule has 1 aliphatic carbocycles. The molecule has 20 heavy (non-hydrogen) atoms. The molecule has 0 aromatic heterocycles. The number of hydrogen-bond acceptors (Lipinski definition) is 2. The summed E-state index contributed by atoms with van der Waals surface area (Å²) in [7, 11) is 4.29. The average molecular weight is 359 g/mol. The van der Waals surface area contributed by atoms with E-state index in [-0.39, 0.29) is 5.60 Å². The number of fused-ring (bicyclic) bond motifs is 1. The molecule has 1 heterocycles. The van der Waals surface area contributed by atoms with Crippen LogP contribution >= 0.6 is 27.5 Å². The fraction of sp³-hybridized carbons (Fsp3) is 0.625. The molecule has 1 aliphatic heterocycles. The first kappa shape index (κ1) is 14.7. The Hall–Kier alpha value is -0.250. The molecule has 0 saturated heterocycles. The first-order valence-corrected chi connectivity index (χ1v) is 8.49. The van der Waals surface area contributed by atoms with Gasteiger partial charge >= 0.3 is 0 Å². The summed E-state index contributed by atoms with van der Waals surface area (Å²) >= 11 is 9.90. The molecule has 2 aliphatic rings. The third-order valence-corrected chi connectivity index (χ3v) is 5.35. The van der Waals surface area contributed by atoms with Crippen LogP contribution in [-0.2, 0) is 6.42 Å². The van der Waals surface area contributed by atoms with Crippen molar-refractivity contribution >= 4 is 27.5 Å². The van der Waals surface area contributed by atoms with Gasteiger partial charge in [0.05, 0.1) is 5.02 Å². The zero-order chi connectivity index (χ0) is 14.3. The highest BCUT2D eigenvalue weighted by atomic mass is 79.9. The Balaban J connectivity index is 1.92. The van der Waals surface area contributed by atoms with Gasteiger partial charge in [-0.2, -0.15) is 0 Å². The van der Waals surface area contributed by atoms with Crippen molar-refractivity contribution in [2.24, 2.45) is 5.92 Å². The van der Waals surface area contributed by atoms with E-state index < -0.39 is 0 Å². The van der Waals surface area contributed by atoms with Crippen LogP contribution in [0.3, 0.4) is 0 Å². The summed E-state index contributed by atoms with van der Waals surface area (Å²) in [5, 5.41) is 0.737. The third-order valence-electron chi connectivity index (χ3n) is 4.61. The van der Waals surface area contributed by atoms with E-state index in [1.807, 2.05) is 6.07 Å². The normalized spacial score (nSPS) is 28.8. The van der Waals surface area contributed by atoms with Gasteiger partial charge in [0, 0.05) is 28.9 Å². The lowest BCUT2D eigenvalue weighted by Crippen LogP contribution is -2.48. The summed E-state index contributed by atoms with van der Waals surface area (Å²) in [6.45, 7) is 1.09. The van der Waals surface area contributed by atoms with Crippen LogP contribution in [0.1, 0.15) is 31.2 Å². The number of ether oxygens (including phenoxy) is 1. The van der Waals surface area contributed by atoms with Crippen LogP contribution in [0.25, 0.3) is 0 Å². The molecule has 1 aromatic carbocycles. The van der Waals surface area contributed by atoms with Crippen molar-refractivity contribution in [3.63, 3.8) is 0 Å². The number of nitrogens with zero attached hydrogens (tertiary/aromatic N) is 1. The zero-order valence-electron chi connectivity index (χ0n) is 12.1. The minimum Gasteiger partial charge on any atom is -0.485 e. The predicted molar refractivity (Wildman–Crippen MR) is 86.7 cm³/mol. The molecule has 0 radical (unpaired) electrons. The molecule has 1 fully saturated rings. The SMILES string of the molecule is CN(C)CC1CCCCC12Cc1cc(Br)cc(Cl)c1O2. The maximum absolute atomic E-state index is 6.46. The Morgan fingerprint density at radius 3 is 2.95 bits per heavy atom. The number of benzene rings is 1. The van der Waals surface area contributed by atoms with E-state index in [0.29, 0.717) is 5.92 Å². The first-order valence-electron chi connectivity index (χ1n) is 7.32. The Labute approximate surface area is 134 Å². The van der Waals surface area contributed by atoms with E-state index in [9.17, 15) is 0 Å². The summed E-state index contributed by atoms with van der Waals surface area (Å²) < 4.78 is 7.50. The van der Waals surface area contributed by atoms with Gasteiger partial charge in [-0.05, 0) is 45.5 Å². The highest BCUT2D eigenvalue weighted by Gasteiger charge is 2.47. The molecule has 0 bridgehead atoms. The maximum atomic E-state index is 6.46. The Bertz CT molecular complexity index is 519. The minimum absolute atomic E-state index is 0.0325. The molecule has 2 unspecified atom stereocenters. The molecular weight excluding hydrogens is 338 g/mol. The quantitative estimate of drug-likeness (QED) is 0.770. The molecular formula is C16H21BrClNO. The van der Waals surface area contributed by atoms with Crippen LogP contribution in [0.2, 0.25) is 5.02 Å². The monoisotopic (exact) mass is 357 g/mol. The van der Waals surface area contributed by atoms with E-state index in [1.54, 1.807) is 0 Å². The lowest BCUT2D eigenvalue weighted by molar-refractivity contribution is -0.0149. The van der Waals surface area contributed by atoms with Crippen LogP contribution in [0.15, 0.2) is 16.6 Å². The summed E-state index contributed by atoms with van der Waals surface area (Å²) in [6.07, 6.45) is 5.98. The Morgan fingerprint density at radius 1 is 1.40 bits per heavy atom. The number of hydrogen-bond donors (Lipinski definition) is 0. The summed E-state index contributed by atoms with van der Waals surface area (Å²) in [5.74, 6) is 1.51. The van der Waals surface area contributed by atoms with Crippen LogP contribution in [0, 0.1) is 5.92 Å². The number of rotatable bonds is 2. The van der Waals surface area contributed by atoms with E-state index >= 15 is 0 Å². The second-order valence-electron chi connectivity index (χ2n) is 6.42. The fourth-order valence-corrected chi connectivity index (χ4v) is 4.68. The van der Waals surface area contributed by atoms with Gasteiger partial charge in [-0.3, -0.25) is 0 Å². The van der Waals surface area contributed by atoms with Crippen molar-refractivity contribution in [1.29, 1.82) is 0 Å². The first-order chi connectivity index (χ1) is 9.50. The second-order valence-corrected chi connectivity index (χ2v) is 7.75. The van der Waals surface area contributed by atoms with E-state index in [1.165, 1.54) is 24.8 Å². The lowest BCUT2D eigenvalue weighted by atomic mass is 9.73. The van der Waals surface area contributed by atoms with Gasteiger partial charge in [0.25, 0.3) is 0 Å². The van der Waals surface area contributed by atoms with Crippen molar-refractivity contribution in [3.05, 3.63) is 27.2 Å². The van der Waals surface area contributed by atoms with E-state index in [0.717, 1.165) is 34.6 Å². The van der Waals surface area contributed by atoms with Gasteiger partial charge in [-0.1, -0.05) is 34.0 Å². The molecule has 2 nitrogen and oxygen atoms in total. The minimum atomic E-state index is -0.0325. The largest absolute Gasteiger partial charge is 0.485 e. The topological polar surface area (TPSA) is 12.5 Å². The van der Waals surface area contributed by atoms with Crippen LogP contribution in [0.4, 0.5) is 0 Å². The smallest absolute Gasteiger partial charge is 0.142 e. The zero-order valence-corrected chi connectivity index (χ0v) is 14.4. The summed E-state index contributed by atoms with van der Waals surface area (Å²) in [4.78, 5) is 2.28. The molecule has 0 N–H and O–H groups in total. The van der Waals surface area contributed by atoms with Gasteiger partial charge in [0.15, 0.2) is 0 Å². The van der Waals surface area contributed by atoms with Gasteiger partial charge < -0.3 is 9.64 Å². The van der Waals surface area contributed by atoms with Crippen LogP contribution < -0.4 is 4.74 Å². The Kier molecular flexibility index (Phi) is 4.04. The predicted octanol–water partition coefficient (Wildman–Crippen LogP) is 4.53. The number of halogens is 2. The Morgan fingerprint density at radius 2 is 2.20 bits per heavy atom. The summed E-state index contributed by atoms with van der Waals surface area (Å²) in [6, 6.07) is 4.10. The standard InChI is InChI=1S/C16H21BrClNO/c1-19(2)10-12-5-3-4-6-16(12)9-11-7-13(17)8-14(18)15(11)20-16/h7-8,12H,3-6,9-10H2,1-2H3. The second kappa shape index (κ2) is 5.51. The average Bonchev–Trinajstić information content (AvgIpc) is 2.71. The van der Waals surface area contributed by atoms with Gasteiger partial charge in [-0.15, -0.1) is 0 Å². The van der Waals surface area contributed by atoms with Crippen molar-refractivity contribution in [3.8, 4) is 5.75 Å². The van der Waals surface area contributed by atoms with Gasteiger partial charge in [0.1, 0.15) is 11.4 Å². The molecule has 0 amide bonds. The summed E-state index contributed by atoms with van der Waals surface area (Å²) in [5.41, 5.74) is 1.23. The van der Waals surface area contributed by atoms with Crippen molar-refractivity contribution in [2.45, 2.75) is 37.7 Å². The molecule has 1 spiro atoms. The van der Waals surface area contributed by atoms with Crippen molar-refractivity contribution in [2.75, 3.05) is 20.6 Å². The van der Waals surface area contributed by atoms with Crippen LogP contribution in [0.5, 0.6) is 5.75 Å². The molecule has 1 saturated carbocycles. The third kappa shape index (κ3) is 2.60. The molecule has 2 atom stereocenters. The van der Waals surface area contributed by atoms with Gasteiger partial charge in [-0.25, -0.2) is 0 Å². The molecule has 110 valence electrons. The highest BCUT2D eigenvalue weighted by Crippen LogP contribution is 2.49. The molecule has 4 heteroatoms. The van der Waals surface area contributed by atoms with E-state index in [4.69, 9.17) is 16.3 Å². The van der Waals surface area contributed by atoms with Gasteiger partial charge in [0.2, 0.25) is 0 Å². The fourth-order valence-electron chi connectivity index (χ4n) is 3.77. The molecule has 3 rings (SSSR count). The molecule has 1 aromatic rings. The van der Waals surface area contributed by atoms with Crippen LogP contribution in [-0.4, -0.2) is 31.1 Å². The lowest BCUT2D eigenvalue weighted by Gasteiger charge is -2.41. The van der Waals surface area contributed by atoms with Crippen molar-refractivity contribution < 1.29 is 4.74 Å². The maximum Gasteiger partial charge on any atom is 0.142 e.